The first-order valence-electron chi connectivity index (χ1n) is 4.46. The highest BCUT2D eigenvalue weighted by molar-refractivity contribution is 9.10. The Morgan fingerprint density at radius 3 is 2.43 bits per heavy atom. The number of nitrogens with two attached hydrogens (primary N) is 1. The predicted octanol–water partition coefficient (Wildman–Crippen LogP) is 2.70. The minimum atomic E-state index is -0.519. The highest BCUT2D eigenvalue weighted by Crippen LogP contribution is 2.42. The fourth-order valence-corrected chi connectivity index (χ4v) is 3.18. The zero-order valence-electron chi connectivity index (χ0n) is 8.67. The average molecular weight is 278 g/mol. The van der Waals surface area contributed by atoms with Gasteiger partial charge in [0.1, 0.15) is 0 Å². The molecule has 2 nitrogen and oxygen atoms in total. The van der Waals surface area contributed by atoms with Crippen LogP contribution in [0.1, 0.15) is 25.6 Å². The van der Waals surface area contributed by atoms with E-state index in [9.17, 15) is 5.11 Å². The van der Waals surface area contributed by atoms with Crippen LogP contribution in [0.5, 0.6) is 0 Å². The van der Waals surface area contributed by atoms with Gasteiger partial charge < -0.3 is 10.8 Å². The maximum Gasteiger partial charge on any atom is 0.0560 e. The van der Waals surface area contributed by atoms with Gasteiger partial charge in [-0.2, -0.15) is 0 Å². The van der Waals surface area contributed by atoms with Crippen LogP contribution in [-0.2, 0) is 5.54 Å². The molecule has 0 aromatic carbocycles. The van der Waals surface area contributed by atoms with Gasteiger partial charge in [0.25, 0.3) is 0 Å². The number of halogens is 1. The van der Waals surface area contributed by atoms with Crippen molar-refractivity contribution in [3.63, 3.8) is 0 Å². The lowest BCUT2D eigenvalue weighted by Crippen LogP contribution is -2.48. The van der Waals surface area contributed by atoms with Crippen LogP contribution in [0.3, 0.4) is 0 Å². The van der Waals surface area contributed by atoms with Crippen molar-refractivity contribution in [1.29, 1.82) is 0 Å². The quantitative estimate of drug-likeness (QED) is 0.893. The van der Waals surface area contributed by atoms with E-state index >= 15 is 0 Å². The molecule has 1 heterocycles. The Labute approximate surface area is 97.3 Å². The van der Waals surface area contributed by atoms with Crippen molar-refractivity contribution < 1.29 is 5.11 Å². The molecule has 0 bridgehead atoms. The van der Waals surface area contributed by atoms with E-state index in [-0.39, 0.29) is 12.0 Å². The minimum absolute atomic E-state index is 0.0737. The summed E-state index contributed by atoms with van der Waals surface area (Å²) in [6.07, 6.45) is 0. The molecule has 0 radical (unpaired) electrons. The van der Waals surface area contributed by atoms with Crippen LogP contribution in [-0.4, -0.2) is 11.7 Å². The predicted molar refractivity (Wildman–Crippen MR) is 64.4 cm³/mol. The van der Waals surface area contributed by atoms with E-state index in [1.165, 1.54) is 0 Å². The summed E-state index contributed by atoms with van der Waals surface area (Å²) in [4.78, 5) is 1.08. The van der Waals surface area contributed by atoms with Gasteiger partial charge >= 0.3 is 0 Å². The third-order valence-electron chi connectivity index (χ3n) is 2.89. The Morgan fingerprint density at radius 2 is 2.07 bits per heavy atom. The molecule has 0 amide bonds. The third kappa shape index (κ3) is 1.89. The van der Waals surface area contributed by atoms with Gasteiger partial charge in [-0.25, -0.2) is 0 Å². The highest BCUT2D eigenvalue weighted by Gasteiger charge is 2.40. The lowest BCUT2D eigenvalue weighted by Gasteiger charge is -2.39. The molecule has 0 saturated carbocycles. The van der Waals surface area contributed by atoms with Crippen molar-refractivity contribution in [2.75, 3.05) is 6.61 Å². The smallest absolute Gasteiger partial charge is 0.0560 e. The number of rotatable bonds is 3. The van der Waals surface area contributed by atoms with Gasteiger partial charge in [-0.15, -0.1) is 11.3 Å². The van der Waals surface area contributed by atoms with Crippen molar-refractivity contribution in [2.45, 2.75) is 26.3 Å². The molecule has 0 aliphatic heterocycles. The SMILES string of the molecule is CC(C)(CO)[C@@](C)(N)c1sccc1Br. The van der Waals surface area contributed by atoms with Crippen LogP contribution in [0.15, 0.2) is 15.9 Å². The molecule has 3 N–H and O–H groups in total. The number of hydrogen-bond acceptors (Lipinski definition) is 3. The molecule has 0 aliphatic rings. The fourth-order valence-electron chi connectivity index (χ4n) is 1.14. The summed E-state index contributed by atoms with van der Waals surface area (Å²) < 4.78 is 1.02. The van der Waals surface area contributed by atoms with Crippen molar-refractivity contribution in [2.24, 2.45) is 11.1 Å². The number of aliphatic hydroxyl groups is 1. The zero-order chi connectivity index (χ0) is 11.0. The summed E-state index contributed by atoms with van der Waals surface area (Å²) in [5, 5.41) is 11.3. The summed E-state index contributed by atoms with van der Waals surface area (Å²) >= 11 is 5.09. The highest BCUT2D eigenvalue weighted by atomic mass is 79.9. The molecule has 14 heavy (non-hydrogen) atoms. The molecule has 80 valence electrons. The first kappa shape index (κ1) is 12.2. The van der Waals surface area contributed by atoms with Crippen LogP contribution in [0, 0.1) is 5.41 Å². The number of aliphatic hydroxyl groups excluding tert-OH is 1. The fraction of sp³-hybridized carbons (Fsp3) is 0.600. The van der Waals surface area contributed by atoms with E-state index in [4.69, 9.17) is 5.73 Å². The van der Waals surface area contributed by atoms with Crippen LogP contribution >= 0.6 is 27.3 Å². The second-order valence-corrected chi connectivity index (χ2v) is 6.11. The van der Waals surface area contributed by atoms with Gasteiger partial charge in [0.05, 0.1) is 12.1 Å². The Morgan fingerprint density at radius 1 is 1.50 bits per heavy atom. The van der Waals surface area contributed by atoms with Crippen LogP contribution in [0.4, 0.5) is 0 Å². The molecule has 0 saturated heterocycles. The molecule has 0 aliphatic carbocycles. The maximum absolute atomic E-state index is 9.33. The molecule has 1 aromatic rings. The third-order valence-corrected chi connectivity index (χ3v) is 4.97. The topological polar surface area (TPSA) is 46.2 Å². The molecule has 0 spiro atoms. The van der Waals surface area contributed by atoms with Gasteiger partial charge in [0.2, 0.25) is 0 Å². The average Bonchev–Trinajstić information content (AvgIpc) is 2.51. The Hall–Kier alpha value is 0.100. The van der Waals surface area contributed by atoms with Gasteiger partial charge in [-0.3, -0.25) is 0 Å². The minimum Gasteiger partial charge on any atom is -0.396 e. The molecular weight excluding hydrogens is 262 g/mol. The van der Waals surface area contributed by atoms with Gasteiger partial charge in [0, 0.05) is 14.8 Å². The van der Waals surface area contributed by atoms with Crippen LogP contribution in [0.25, 0.3) is 0 Å². The van der Waals surface area contributed by atoms with Crippen molar-refractivity contribution >= 4 is 27.3 Å². The Kier molecular flexibility index (Phi) is 3.41. The second kappa shape index (κ2) is 3.93. The van der Waals surface area contributed by atoms with Crippen molar-refractivity contribution in [1.82, 2.24) is 0 Å². The Balaban J connectivity index is 3.14. The van der Waals surface area contributed by atoms with E-state index in [1.54, 1.807) is 11.3 Å². The first-order valence-corrected chi connectivity index (χ1v) is 6.13. The molecular formula is C10H16BrNOS. The van der Waals surface area contributed by atoms with E-state index in [1.807, 2.05) is 32.2 Å². The van der Waals surface area contributed by atoms with E-state index < -0.39 is 5.54 Å². The molecule has 0 unspecified atom stereocenters. The summed E-state index contributed by atoms with van der Waals surface area (Å²) in [6.45, 7) is 5.97. The molecule has 0 fully saturated rings. The molecule has 1 atom stereocenters. The standard InChI is InChI=1S/C10H16BrNOS/c1-9(2,6-13)10(3,12)8-7(11)4-5-14-8/h4-5,13H,6,12H2,1-3H3/t10-/m0/s1. The normalized spacial score (nSPS) is 16.7. The zero-order valence-corrected chi connectivity index (χ0v) is 11.1. The summed E-state index contributed by atoms with van der Waals surface area (Å²) in [6, 6.07) is 1.98. The van der Waals surface area contributed by atoms with E-state index in [2.05, 4.69) is 15.9 Å². The van der Waals surface area contributed by atoms with Crippen LogP contribution < -0.4 is 5.73 Å². The van der Waals surface area contributed by atoms with E-state index in [0.29, 0.717) is 0 Å². The largest absolute Gasteiger partial charge is 0.396 e. The lowest BCUT2D eigenvalue weighted by molar-refractivity contribution is 0.0827. The van der Waals surface area contributed by atoms with E-state index in [0.717, 1.165) is 9.35 Å². The molecule has 1 aromatic heterocycles. The summed E-state index contributed by atoms with van der Waals surface area (Å²) in [7, 11) is 0. The second-order valence-electron chi connectivity index (χ2n) is 4.34. The number of hydrogen-bond donors (Lipinski definition) is 2. The summed E-state index contributed by atoms with van der Waals surface area (Å²) in [5.74, 6) is 0. The molecule has 4 heteroatoms. The lowest BCUT2D eigenvalue weighted by atomic mass is 9.74. The maximum atomic E-state index is 9.33. The summed E-state index contributed by atoms with van der Waals surface area (Å²) in [5.41, 5.74) is 5.44. The van der Waals surface area contributed by atoms with Crippen molar-refractivity contribution in [3.8, 4) is 0 Å². The first-order chi connectivity index (χ1) is 6.33. The van der Waals surface area contributed by atoms with Crippen molar-refractivity contribution in [3.05, 3.63) is 20.8 Å². The molecule has 1 rings (SSSR count). The van der Waals surface area contributed by atoms with Gasteiger partial charge in [-0.1, -0.05) is 13.8 Å². The Bertz CT molecular complexity index is 320. The van der Waals surface area contributed by atoms with Gasteiger partial charge in [0.15, 0.2) is 0 Å². The number of thiophene rings is 1. The van der Waals surface area contributed by atoms with Crippen LogP contribution in [0.2, 0.25) is 0 Å². The monoisotopic (exact) mass is 277 g/mol. The van der Waals surface area contributed by atoms with Gasteiger partial charge in [-0.05, 0) is 34.3 Å².